The molecule has 0 aliphatic heterocycles. The molecule has 1 atom stereocenters. The minimum Gasteiger partial charge on any atom is -0.289 e. The van der Waals surface area contributed by atoms with Gasteiger partial charge in [0, 0.05) is 11.6 Å². The van der Waals surface area contributed by atoms with E-state index in [1.54, 1.807) is 11.7 Å². The van der Waals surface area contributed by atoms with E-state index in [4.69, 9.17) is 5.21 Å². The molecule has 1 amide bonds. The minimum absolute atomic E-state index is 0.247. The first-order valence-corrected chi connectivity index (χ1v) is 7.54. The molecule has 0 bridgehead atoms. The summed E-state index contributed by atoms with van der Waals surface area (Å²) in [6.45, 7) is 2.15. The number of rotatable bonds is 8. The summed E-state index contributed by atoms with van der Waals surface area (Å²) >= 11 is 2.93. The summed E-state index contributed by atoms with van der Waals surface area (Å²) in [6.07, 6.45) is 6.99. The number of carbonyl (C=O) groups is 1. The Morgan fingerprint density at radius 3 is 3.00 bits per heavy atom. The quantitative estimate of drug-likeness (QED) is 0.331. The lowest BCUT2D eigenvalue weighted by atomic mass is 10.1. The van der Waals surface area contributed by atoms with Gasteiger partial charge in [-0.15, -0.1) is 11.3 Å². The summed E-state index contributed by atoms with van der Waals surface area (Å²) < 4.78 is 0.870. The zero-order valence-corrected chi connectivity index (χ0v) is 11.5. The Hall–Kier alpha value is -0.590. The van der Waals surface area contributed by atoms with Gasteiger partial charge in [-0.25, -0.2) is 10.5 Å². The Balaban J connectivity index is 2.40. The third-order valence-electron chi connectivity index (χ3n) is 2.38. The zero-order valence-electron chi connectivity index (χ0n) is 9.89. The molecule has 0 radical (unpaired) electrons. The van der Waals surface area contributed by atoms with E-state index in [-0.39, 0.29) is 11.2 Å². The maximum Gasteiger partial charge on any atom is 0.256 e. The number of thioether (sulfide) groups is 1. The van der Waals surface area contributed by atoms with Crippen LogP contribution in [0.3, 0.4) is 0 Å². The van der Waals surface area contributed by atoms with Crippen LogP contribution in [0, 0.1) is 0 Å². The molecule has 0 saturated carbocycles. The molecule has 1 unspecified atom stereocenters. The lowest BCUT2D eigenvalue weighted by Gasteiger charge is -2.12. The summed E-state index contributed by atoms with van der Waals surface area (Å²) in [5, 5.41) is 10.3. The average molecular weight is 274 g/mol. The first-order chi connectivity index (χ1) is 8.27. The Labute approximate surface area is 110 Å². The predicted molar refractivity (Wildman–Crippen MR) is 70.4 cm³/mol. The lowest BCUT2D eigenvalue weighted by molar-refractivity contribution is -0.128. The van der Waals surface area contributed by atoms with Gasteiger partial charge < -0.3 is 0 Å². The summed E-state index contributed by atoms with van der Waals surface area (Å²) in [6, 6.07) is 0. The first-order valence-electron chi connectivity index (χ1n) is 5.78. The summed E-state index contributed by atoms with van der Waals surface area (Å²) in [4.78, 5) is 15.6. The van der Waals surface area contributed by atoms with Crippen molar-refractivity contribution in [1.82, 2.24) is 10.5 Å². The summed E-state index contributed by atoms with van der Waals surface area (Å²) in [7, 11) is 0. The largest absolute Gasteiger partial charge is 0.289 e. The van der Waals surface area contributed by atoms with Gasteiger partial charge >= 0.3 is 0 Å². The van der Waals surface area contributed by atoms with Crippen molar-refractivity contribution in [2.24, 2.45) is 0 Å². The van der Waals surface area contributed by atoms with Gasteiger partial charge in [0.05, 0.1) is 5.25 Å². The number of hydroxylamine groups is 1. The number of hydrogen-bond donors (Lipinski definition) is 2. The first kappa shape index (κ1) is 14.5. The highest BCUT2D eigenvalue weighted by Crippen LogP contribution is 2.28. The number of amides is 1. The summed E-state index contributed by atoms with van der Waals surface area (Å²) in [5.41, 5.74) is 1.74. The van der Waals surface area contributed by atoms with E-state index in [9.17, 15) is 4.79 Å². The van der Waals surface area contributed by atoms with Gasteiger partial charge in [-0.2, -0.15) is 0 Å². The van der Waals surface area contributed by atoms with Crippen LogP contribution in [0.25, 0.3) is 0 Å². The maximum absolute atomic E-state index is 11.5. The van der Waals surface area contributed by atoms with Crippen LogP contribution in [0.1, 0.15) is 39.0 Å². The van der Waals surface area contributed by atoms with Gasteiger partial charge in [-0.05, 0) is 6.42 Å². The molecule has 96 valence electrons. The fourth-order valence-electron chi connectivity index (χ4n) is 1.46. The van der Waals surface area contributed by atoms with Crippen LogP contribution in [0.5, 0.6) is 0 Å². The highest BCUT2D eigenvalue weighted by molar-refractivity contribution is 8.02. The number of unbranched alkanes of at least 4 members (excludes halogenated alkanes) is 3. The maximum atomic E-state index is 11.5. The van der Waals surface area contributed by atoms with Gasteiger partial charge in [-0.3, -0.25) is 10.0 Å². The zero-order chi connectivity index (χ0) is 12.5. The number of hydrogen-bond acceptors (Lipinski definition) is 5. The Bertz CT molecular complexity index is 317. The second-order valence-electron chi connectivity index (χ2n) is 3.73. The third kappa shape index (κ3) is 5.52. The van der Waals surface area contributed by atoms with Crippen molar-refractivity contribution in [1.29, 1.82) is 0 Å². The molecule has 0 saturated heterocycles. The molecule has 1 heterocycles. The Kier molecular flexibility index (Phi) is 7.23. The molecule has 0 aromatic carbocycles. The van der Waals surface area contributed by atoms with Crippen molar-refractivity contribution in [3.63, 3.8) is 0 Å². The van der Waals surface area contributed by atoms with Crippen molar-refractivity contribution in [3.8, 4) is 0 Å². The highest BCUT2D eigenvalue weighted by Gasteiger charge is 2.19. The van der Waals surface area contributed by atoms with E-state index >= 15 is 0 Å². The van der Waals surface area contributed by atoms with E-state index in [0.717, 1.165) is 23.6 Å². The molecule has 1 rings (SSSR count). The van der Waals surface area contributed by atoms with Crippen LogP contribution >= 0.6 is 23.1 Å². The predicted octanol–water partition coefficient (Wildman–Crippen LogP) is 3.08. The van der Waals surface area contributed by atoms with E-state index in [1.807, 2.05) is 5.38 Å². The molecule has 0 aliphatic carbocycles. The molecule has 1 aromatic rings. The molecule has 1 aromatic heterocycles. The number of carbonyl (C=O) groups excluding carboxylic acids is 1. The SMILES string of the molecule is CCCCCCC(Sc1nccs1)C(=O)NO. The highest BCUT2D eigenvalue weighted by atomic mass is 32.2. The van der Waals surface area contributed by atoms with Gasteiger partial charge in [-0.1, -0.05) is 44.4 Å². The van der Waals surface area contributed by atoms with Gasteiger partial charge in [0.15, 0.2) is 4.34 Å². The Morgan fingerprint density at radius 2 is 2.41 bits per heavy atom. The van der Waals surface area contributed by atoms with Crippen LogP contribution in [-0.2, 0) is 4.79 Å². The molecule has 0 aliphatic rings. The fraction of sp³-hybridized carbons (Fsp3) is 0.636. The third-order valence-corrected chi connectivity index (χ3v) is 4.56. The topological polar surface area (TPSA) is 62.2 Å². The average Bonchev–Trinajstić information content (AvgIpc) is 2.85. The van der Waals surface area contributed by atoms with Crippen LogP contribution in [0.4, 0.5) is 0 Å². The van der Waals surface area contributed by atoms with Crippen LogP contribution in [-0.4, -0.2) is 21.3 Å². The standard InChI is InChI=1S/C11H18N2O2S2/c1-2-3-4-5-6-9(10(14)13-15)17-11-12-7-8-16-11/h7-9,15H,2-6H2,1H3,(H,13,14). The minimum atomic E-state index is -0.332. The normalized spacial score (nSPS) is 12.4. The van der Waals surface area contributed by atoms with Crippen molar-refractivity contribution >= 4 is 29.0 Å². The lowest BCUT2D eigenvalue weighted by Crippen LogP contribution is -2.30. The van der Waals surface area contributed by atoms with Gasteiger partial charge in [0.1, 0.15) is 0 Å². The van der Waals surface area contributed by atoms with E-state index < -0.39 is 0 Å². The molecular weight excluding hydrogens is 256 g/mol. The van der Waals surface area contributed by atoms with Crippen LogP contribution in [0.2, 0.25) is 0 Å². The van der Waals surface area contributed by atoms with E-state index in [2.05, 4.69) is 11.9 Å². The molecule has 2 N–H and O–H groups in total. The smallest absolute Gasteiger partial charge is 0.256 e. The molecule has 0 fully saturated rings. The van der Waals surface area contributed by atoms with E-state index in [1.165, 1.54) is 35.9 Å². The van der Waals surface area contributed by atoms with Crippen molar-refractivity contribution in [3.05, 3.63) is 11.6 Å². The van der Waals surface area contributed by atoms with Gasteiger partial charge in [0.2, 0.25) is 0 Å². The second-order valence-corrected chi connectivity index (χ2v) is 6.07. The van der Waals surface area contributed by atoms with Crippen LogP contribution in [0.15, 0.2) is 15.9 Å². The molecule has 4 nitrogen and oxygen atoms in total. The van der Waals surface area contributed by atoms with Crippen molar-refractivity contribution in [2.45, 2.75) is 48.6 Å². The number of nitrogens with zero attached hydrogens (tertiary/aromatic N) is 1. The van der Waals surface area contributed by atoms with Crippen LogP contribution < -0.4 is 5.48 Å². The molecule has 17 heavy (non-hydrogen) atoms. The Morgan fingerprint density at radius 1 is 1.59 bits per heavy atom. The molecule has 0 spiro atoms. The molecule has 6 heteroatoms. The van der Waals surface area contributed by atoms with Gasteiger partial charge in [0.25, 0.3) is 5.91 Å². The number of aromatic nitrogens is 1. The van der Waals surface area contributed by atoms with E-state index in [0.29, 0.717) is 0 Å². The van der Waals surface area contributed by atoms with Crippen molar-refractivity contribution in [2.75, 3.05) is 0 Å². The van der Waals surface area contributed by atoms with Crippen molar-refractivity contribution < 1.29 is 10.0 Å². The monoisotopic (exact) mass is 274 g/mol. The second kappa shape index (κ2) is 8.49. The number of thiazole rings is 1. The summed E-state index contributed by atoms with van der Waals surface area (Å²) in [5.74, 6) is -0.332. The number of nitrogens with one attached hydrogen (secondary N) is 1. The molecular formula is C11H18N2O2S2. The fourth-order valence-corrected chi connectivity index (χ4v) is 3.37.